The predicted molar refractivity (Wildman–Crippen MR) is 149 cm³/mol. The van der Waals surface area contributed by atoms with Gasteiger partial charge in [0.1, 0.15) is 5.75 Å². The van der Waals surface area contributed by atoms with E-state index in [1.807, 2.05) is 60.1 Å². The molecule has 9 heteroatoms. The second-order valence-electron chi connectivity index (χ2n) is 10.00. The molecule has 0 spiro atoms. The van der Waals surface area contributed by atoms with E-state index in [1.54, 1.807) is 0 Å². The molecule has 1 atom stereocenters. The number of pyridine rings is 1. The van der Waals surface area contributed by atoms with E-state index in [9.17, 15) is 4.79 Å². The molecule has 1 fully saturated rings. The standard InChI is InChI=1S/C29H35ClN6O2/c1-3-27(28-32-33-34-36(28)23-11-6-5-7-12-23)35(18-20-10-8-9-13-25(20)30)19-22-16-21-17-24(38-4-2)14-15-26(21)31-29(22)37/h8-10,13-17,23,27H,3-7,11-12,18-19H2,1-2H3,(H,31,37). The van der Waals surface area contributed by atoms with E-state index in [-0.39, 0.29) is 11.6 Å². The number of nitrogens with zero attached hydrogens (tertiary/aromatic N) is 5. The molecule has 2 aromatic heterocycles. The van der Waals surface area contributed by atoms with E-state index in [0.29, 0.717) is 36.3 Å². The first-order valence-corrected chi connectivity index (χ1v) is 14.0. The molecule has 0 bridgehead atoms. The normalized spacial score (nSPS) is 15.3. The van der Waals surface area contributed by atoms with E-state index in [2.05, 4.69) is 32.3 Å². The highest BCUT2D eigenvalue weighted by molar-refractivity contribution is 6.31. The number of benzene rings is 2. The monoisotopic (exact) mass is 534 g/mol. The third kappa shape index (κ3) is 5.76. The van der Waals surface area contributed by atoms with Crippen LogP contribution < -0.4 is 10.3 Å². The summed E-state index contributed by atoms with van der Waals surface area (Å²) >= 11 is 6.60. The van der Waals surface area contributed by atoms with Gasteiger partial charge in [-0.05, 0) is 72.5 Å². The van der Waals surface area contributed by atoms with Gasteiger partial charge in [0.05, 0.1) is 18.7 Å². The lowest BCUT2D eigenvalue weighted by molar-refractivity contribution is 0.155. The Morgan fingerprint density at radius 1 is 1.08 bits per heavy atom. The molecule has 1 unspecified atom stereocenters. The third-order valence-electron chi connectivity index (χ3n) is 7.47. The van der Waals surface area contributed by atoms with Crippen molar-refractivity contribution in [2.75, 3.05) is 6.61 Å². The molecule has 8 nitrogen and oxygen atoms in total. The first kappa shape index (κ1) is 26.4. The molecule has 2 aromatic carbocycles. The maximum Gasteiger partial charge on any atom is 0.252 e. The van der Waals surface area contributed by atoms with Crippen LogP contribution in [0.25, 0.3) is 10.9 Å². The maximum atomic E-state index is 13.2. The fraction of sp³-hybridized carbons (Fsp3) is 0.448. The van der Waals surface area contributed by atoms with Crippen LogP contribution in [0.4, 0.5) is 0 Å². The zero-order chi connectivity index (χ0) is 26.5. The van der Waals surface area contributed by atoms with E-state index in [0.717, 1.165) is 47.3 Å². The van der Waals surface area contributed by atoms with E-state index in [4.69, 9.17) is 16.3 Å². The zero-order valence-corrected chi connectivity index (χ0v) is 22.8. The summed E-state index contributed by atoms with van der Waals surface area (Å²) in [6, 6.07) is 15.8. The Balaban J connectivity index is 1.53. The van der Waals surface area contributed by atoms with Gasteiger partial charge in [-0.1, -0.05) is 56.0 Å². The zero-order valence-electron chi connectivity index (χ0n) is 22.1. The Kier molecular flexibility index (Phi) is 8.39. The van der Waals surface area contributed by atoms with Crippen LogP contribution in [0.3, 0.4) is 0 Å². The Hall–Kier alpha value is -3.23. The lowest BCUT2D eigenvalue weighted by Gasteiger charge is -2.32. The number of tetrazole rings is 1. The van der Waals surface area contributed by atoms with Crippen LogP contribution >= 0.6 is 11.6 Å². The van der Waals surface area contributed by atoms with Gasteiger partial charge in [-0.25, -0.2) is 4.68 Å². The lowest BCUT2D eigenvalue weighted by atomic mass is 9.95. The van der Waals surface area contributed by atoms with Crippen molar-refractivity contribution in [1.82, 2.24) is 30.1 Å². The number of ether oxygens (including phenoxy) is 1. The van der Waals surface area contributed by atoms with Gasteiger partial charge in [0.2, 0.25) is 0 Å². The summed E-state index contributed by atoms with van der Waals surface area (Å²) in [4.78, 5) is 18.6. The number of fused-ring (bicyclic) bond motifs is 1. The molecular weight excluding hydrogens is 500 g/mol. The molecule has 2 heterocycles. The third-order valence-corrected chi connectivity index (χ3v) is 7.84. The van der Waals surface area contributed by atoms with Crippen molar-refractivity contribution in [3.8, 4) is 5.75 Å². The van der Waals surface area contributed by atoms with Crippen LogP contribution in [-0.4, -0.2) is 36.7 Å². The molecule has 1 aliphatic carbocycles. The van der Waals surface area contributed by atoms with Crippen LogP contribution in [0, 0.1) is 0 Å². The molecule has 200 valence electrons. The Labute approximate surface area is 228 Å². The van der Waals surface area contributed by atoms with Crippen LogP contribution in [0.1, 0.15) is 81.4 Å². The van der Waals surface area contributed by atoms with Gasteiger partial charge in [0.15, 0.2) is 5.82 Å². The number of hydrogen-bond acceptors (Lipinski definition) is 6. The highest BCUT2D eigenvalue weighted by Crippen LogP contribution is 2.33. The molecule has 0 radical (unpaired) electrons. The molecule has 4 aromatic rings. The van der Waals surface area contributed by atoms with E-state index in [1.165, 1.54) is 19.3 Å². The number of H-pyrrole nitrogens is 1. The topological polar surface area (TPSA) is 88.9 Å². The molecule has 1 saturated carbocycles. The summed E-state index contributed by atoms with van der Waals surface area (Å²) in [6.45, 7) is 5.67. The van der Waals surface area contributed by atoms with Crippen LogP contribution in [-0.2, 0) is 13.1 Å². The van der Waals surface area contributed by atoms with Crippen molar-refractivity contribution in [2.45, 2.75) is 77.5 Å². The summed E-state index contributed by atoms with van der Waals surface area (Å²) in [5, 5.41) is 14.7. The molecule has 1 N–H and O–H groups in total. The molecular formula is C29H35ClN6O2. The van der Waals surface area contributed by atoms with Gasteiger partial charge >= 0.3 is 0 Å². The van der Waals surface area contributed by atoms with Gasteiger partial charge in [0, 0.05) is 34.6 Å². The van der Waals surface area contributed by atoms with Crippen molar-refractivity contribution in [3.63, 3.8) is 0 Å². The number of nitrogens with one attached hydrogen (secondary N) is 1. The van der Waals surface area contributed by atoms with Crippen LogP contribution in [0.5, 0.6) is 5.75 Å². The van der Waals surface area contributed by atoms with Crippen LogP contribution in [0.15, 0.2) is 53.3 Å². The van der Waals surface area contributed by atoms with Crippen molar-refractivity contribution < 1.29 is 4.74 Å². The van der Waals surface area contributed by atoms with Gasteiger partial charge in [-0.2, -0.15) is 0 Å². The number of rotatable bonds is 10. The number of halogens is 1. The molecule has 0 amide bonds. The Bertz CT molecular complexity index is 1430. The smallest absolute Gasteiger partial charge is 0.252 e. The second kappa shape index (κ2) is 12.1. The lowest BCUT2D eigenvalue weighted by Crippen LogP contribution is -2.33. The molecule has 5 rings (SSSR count). The van der Waals surface area contributed by atoms with Gasteiger partial charge in [-0.15, -0.1) is 5.10 Å². The number of aromatic nitrogens is 5. The highest BCUT2D eigenvalue weighted by atomic mass is 35.5. The van der Waals surface area contributed by atoms with E-state index >= 15 is 0 Å². The van der Waals surface area contributed by atoms with E-state index < -0.39 is 0 Å². The largest absolute Gasteiger partial charge is 0.494 e. The summed E-state index contributed by atoms with van der Waals surface area (Å²) in [5.41, 5.74) is 2.36. The Morgan fingerprint density at radius 2 is 1.87 bits per heavy atom. The summed E-state index contributed by atoms with van der Waals surface area (Å²) in [6.07, 6.45) is 6.62. The minimum atomic E-state index is -0.104. The molecule has 0 saturated heterocycles. The fourth-order valence-electron chi connectivity index (χ4n) is 5.55. The minimum absolute atomic E-state index is 0.0898. The SMILES string of the molecule is CCOc1ccc2[nH]c(=O)c(CN(Cc3ccccc3Cl)C(CC)c3nnnn3C3CCCCC3)cc2c1. The quantitative estimate of drug-likeness (QED) is 0.259. The molecule has 0 aliphatic heterocycles. The molecule has 1 aliphatic rings. The van der Waals surface area contributed by atoms with Crippen molar-refractivity contribution in [2.24, 2.45) is 0 Å². The summed E-state index contributed by atoms with van der Waals surface area (Å²) in [7, 11) is 0. The Morgan fingerprint density at radius 3 is 2.63 bits per heavy atom. The minimum Gasteiger partial charge on any atom is -0.494 e. The maximum absolute atomic E-state index is 13.2. The van der Waals surface area contributed by atoms with Gasteiger partial charge < -0.3 is 9.72 Å². The van der Waals surface area contributed by atoms with Crippen LogP contribution in [0.2, 0.25) is 5.02 Å². The van der Waals surface area contributed by atoms with Crippen molar-refractivity contribution in [1.29, 1.82) is 0 Å². The summed E-state index contributed by atoms with van der Waals surface area (Å²) < 4.78 is 7.72. The number of aromatic amines is 1. The predicted octanol–water partition coefficient (Wildman–Crippen LogP) is 6.23. The summed E-state index contributed by atoms with van der Waals surface area (Å²) in [5.74, 6) is 1.63. The number of hydrogen-bond donors (Lipinski definition) is 1. The molecule has 38 heavy (non-hydrogen) atoms. The van der Waals surface area contributed by atoms with Crippen molar-refractivity contribution in [3.05, 3.63) is 80.9 Å². The van der Waals surface area contributed by atoms with Crippen molar-refractivity contribution >= 4 is 22.5 Å². The fourth-order valence-corrected chi connectivity index (χ4v) is 5.75. The highest BCUT2D eigenvalue weighted by Gasteiger charge is 2.29. The first-order chi connectivity index (χ1) is 18.6. The van der Waals surface area contributed by atoms with Gasteiger partial charge in [0.25, 0.3) is 5.56 Å². The average molecular weight is 535 g/mol. The first-order valence-electron chi connectivity index (χ1n) is 13.6. The second-order valence-corrected chi connectivity index (χ2v) is 10.4. The van der Waals surface area contributed by atoms with Gasteiger partial charge in [-0.3, -0.25) is 9.69 Å². The average Bonchev–Trinajstić information content (AvgIpc) is 3.41.